The van der Waals surface area contributed by atoms with Crippen LogP contribution in [0, 0.1) is 13.8 Å². The molecule has 1 radical (unpaired) electrons. The SMILES string of the molecule is Cc1cc(-c2ccc(-c3ccccc3)cc2Nc2cccc(-c3ccccc3)c2)c2c(c1)N(c1cc3c(cc1C)C(C)(C)CCC3(C)C)c1ccc(-c3ccccc3)cc1[B]2. The maximum atomic E-state index is 3.94. The number of benzene rings is 8. The summed E-state index contributed by atoms with van der Waals surface area (Å²) in [5.41, 5.74) is 23.4. The minimum atomic E-state index is 0.0781. The smallest absolute Gasteiger partial charge is 0.197 e. The molecule has 0 spiro atoms. The van der Waals surface area contributed by atoms with E-state index in [-0.39, 0.29) is 10.8 Å². The molecule has 1 aliphatic carbocycles. The Balaban J connectivity index is 1.19. The Bertz CT molecular complexity index is 2930. The van der Waals surface area contributed by atoms with Gasteiger partial charge < -0.3 is 10.2 Å². The molecule has 0 saturated carbocycles. The number of hydrogen-bond acceptors (Lipinski definition) is 2. The number of fused-ring (bicyclic) bond motifs is 3. The Labute approximate surface area is 363 Å². The van der Waals surface area contributed by atoms with Gasteiger partial charge in [0.15, 0.2) is 7.28 Å². The van der Waals surface area contributed by atoms with E-state index in [1.54, 1.807) is 0 Å². The molecule has 1 N–H and O–H groups in total. The second-order valence-corrected chi connectivity index (χ2v) is 18.5. The molecular weight excluding hydrogens is 735 g/mol. The summed E-state index contributed by atoms with van der Waals surface area (Å²) < 4.78 is 0. The van der Waals surface area contributed by atoms with E-state index >= 15 is 0 Å². The predicted molar refractivity (Wildman–Crippen MR) is 262 cm³/mol. The van der Waals surface area contributed by atoms with Gasteiger partial charge in [0.05, 0.1) is 0 Å². The molecule has 1 heterocycles. The number of aryl methyl sites for hydroxylation is 2. The molecule has 0 unspecified atom stereocenters. The standard InChI is InChI=1S/C58H52BN2/c1-38-31-48(47-27-25-45(42-21-14-9-15-22-42)36-52(47)60-46-24-16-23-43(34-46)40-17-10-7-11-18-40)56-55(32-38)61(53-28-26-44(35-51(53)59-56)41-19-12-8-13-20-41)54-37-50-49(33-39(54)2)57(3,4)29-30-58(50,5)6/h7-28,31-37,60H,29-30H2,1-6H3. The zero-order chi connectivity index (χ0) is 41.9. The fourth-order valence-corrected chi connectivity index (χ4v) is 9.77. The summed E-state index contributed by atoms with van der Waals surface area (Å²) in [6, 6.07) is 64.7. The second kappa shape index (κ2) is 15.2. The normalized spacial score (nSPS) is 14.6. The predicted octanol–water partition coefficient (Wildman–Crippen LogP) is 14.5. The van der Waals surface area contributed by atoms with Crippen molar-refractivity contribution < 1.29 is 0 Å². The van der Waals surface area contributed by atoms with Gasteiger partial charge in [0.1, 0.15) is 0 Å². The molecule has 10 rings (SSSR count). The van der Waals surface area contributed by atoms with Crippen molar-refractivity contribution in [2.24, 2.45) is 0 Å². The highest BCUT2D eigenvalue weighted by Gasteiger charge is 2.39. The first-order chi connectivity index (χ1) is 29.5. The van der Waals surface area contributed by atoms with E-state index in [4.69, 9.17) is 0 Å². The van der Waals surface area contributed by atoms with Gasteiger partial charge in [-0.15, -0.1) is 0 Å². The Kier molecular flexibility index (Phi) is 9.60. The Morgan fingerprint density at radius 3 is 1.66 bits per heavy atom. The molecule has 0 amide bonds. The van der Waals surface area contributed by atoms with Crippen LogP contribution in [0.4, 0.5) is 28.4 Å². The van der Waals surface area contributed by atoms with E-state index in [0.29, 0.717) is 0 Å². The van der Waals surface area contributed by atoms with Crippen LogP contribution >= 0.6 is 0 Å². The monoisotopic (exact) mass is 787 g/mol. The third-order valence-corrected chi connectivity index (χ3v) is 13.3. The summed E-state index contributed by atoms with van der Waals surface area (Å²) in [7, 11) is 2.44. The van der Waals surface area contributed by atoms with Gasteiger partial charge >= 0.3 is 0 Å². The van der Waals surface area contributed by atoms with Gasteiger partial charge in [0, 0.05) is 34.0 Å². The zero-order valence-electron chi connectivity index (χ0n) is 36.2. The van der Waals surface area contributed by atoms with Gasteiger partial charge in [0.2, 0.25) is 0 Å². The van der Waals surface area contributed by atoms with E-state index in [9.17, 15) is 0 Å². The molecule has 0 fully saturated rings. The summed E-state index contributed by atoms with van der Waals surface area (Å²) in [6.45, 7) is 14.3. The minimum absolute atomic E-state index is 0.0781. The lowest BCUT2D eigenvalue weighted by Crippen LogP contribution is -2.41. The first-order valence-electron chi connectivity index (χ1n) is 21.8. The van der Waals surface area contributed by atoms with Gasteiger partial charge in [-0.2, -0.15) is 0 Å². The molecule has 3 heteroatoms. The van der Waals surface area contributed by atoms with Crippen LogP contribution in [0.1, 0.15) is 62.8 Å². The van der Waals surface area contributed by atoms with Crippen LogP contribution in [0.3, 0.4) is 0 Å². The van der Waals surface area contributed by atoms with Crippen LogP contribution in [0.25, 0.3) is 44.5 Å². The molecule has 8 aromatic rings. The lowest BCUT2D eigenvalue weighted by molar-refractivity contribution is 0.332. The van der Waals surface area contributed by atoms with Gasteiger partial charge in [-0.3, -0.25) is 0 Å². The third-order valence-electron chi connectivity index (χ3n) is 13.3. The summed E-state index contributed by atoms with van der Waals surface area (Å²) in [5, 5.41) is 3.94. The fraction of sp³-hybridized carbons (Fsp3) is 0.172. The number of rotatable bonds is 7. The van der Waals surface area contributed by atoms with Gasteiger partial charge in [0.25, 0.3) is 0 Å². The maximum absolute atomic E-state index is 3.94. The van der Waals surface area contributed by atoms with Crippen molar-refractivity contribution in [1.29, 1.82) is 0 Å². The quantitative estimate of drug-likeness (QED) is 0.162. The maximum Gasteiger partial charge on any atom is 0.197 e. The summed E-state index contributed by atoms with van der Waals surface area (Å²) in [5.74, 6) is 0. The van der Waals surface area contributed by atoms with Gasteiger partial charge in [-0.05, 0) is 141 Å². The van der Waals surface area contributed by atoms with Crippen molar-refractivity contribution in [3.8, 4) is 44.5 Å². The first-order valence-corrected chi connectivity index (χ1v) is 21.8. The topological polar surface area (TPSA) is 15.3 Å². The summed E-state index contributed by atoms with van der Waals surface area (Å²) in [6.07, 6.45) is 2.36. The van der Waals surface area contributed by atoms with Gasteiger partial charge in [-0.25, -0.2) is 0 Å². The van der Waals surface area contributed by atoms with Crippen LogP contribution in [-0.4, -0.2) is 7.28 Å². The van der Waals surface area contributed by atoms with E-state index in [1.807, 2.05) is 0 Å². The van der Waals surface area contributed by atoms with Crippen molar-refractivity contribution >= 4 is 46.6 Å². The Morgan fingerprint density at radius 1 is 0.459 bits per heavy atom. The fourth-order valence-electron chi connectivity index (χ4n) is 9.77. The number of hydrogen-bond donors (Lipinski definition) is 1. The average molecular weight is 788 g/mol. The highest BCUT2D eigenvalue weighted by Crippen LogP contribution is 2.50. The zero-order valence-corrected chi connectivity index (χ0v) is 36.2. The van der Waals surface area contributed by atoms with Crippen LogP contribution in [0.5, 0.6) is 0 Å². The van der Waals surface area contributed by atoms with Crippen LogP contribution in [0.15, 0.2) is 176 Å². The highest BCUT2D eigenvalue weighted by atomic mass is 15.2. The second-order valence-electron chi connectivity index (χ2n) is 18.5. The van der Waals surface area contributed by atoms with E-state index < -0.39 is 0 Å². The van der Waals surface area contributed by atoms with Crippen LogP contribution < -0.4 is 21.1 Å². The summed E-state index contributed by atoms with van der Waals surface area (Å²) >= 11 is 0. The number of nitrogens with zero attached hydrogens (tertiary/aromatic N) is 1. The molecule has 1 aliphatic heterocycles. The molecule has 0 aromatic heterocycles. The van der Waals surface area contributed by atoms with Crippen molar-refractivity contribution in [3.63, 3.8) is 0 Å². The lowest BCUT2D eigenvalue weighted by atomic mass is 9.57. The molecule has 2 nitrogen and oxygen atoms in total. The van der Waals surface area contributed by atoms with Gasteiger partial charge in [-0.1, -0.05) is 173 Å². The molecule has 0 saturated heterocycles. The highest BCUT2D eigenvalue weighted by molar-refractivity contribution is 6.73. The molecule has 0 atom stereocenters. The van der Waals surface area contributed by atoms with E-state index in [1.165, 1.54) is 102 Å². The molecule has 61 heavy (non-hydrogen) atoms. The molecule has 8 aromatic carbocycles. The Hall–Kier alpha value is -6.58. The van der Waals surface area contributed by atoms with Crippen LogP contribution in [-0.2, 0) is 10.8 Å². The molecule has 0 bridgehead atoms. The largest absolute Gasteiger partial charge is 0.355 e. The summed E-state index contributed by atoms with van der Waals surface area (Å²) in [4.78, 5) is 2.57. The van der Waals surface area contributed by atoms with Crippen LogP contribution in [0.2, 0.25) is 0 Å². The first kappa shape index (κ1) is 38.6. The van der Waals surface area contributed by atoms with Crippen molar-refractivity contribution in [1.82, 2.24) is 0 Å². The average Bonchev–Trinajstić information content (AvgIpc) is 3.28. The number of anilines is 5. The van der Waals surface area contributed by atoms with E-state index in [2.05, 4.69) is 235 Å². The number of nitrogens with one attached hydrogen (secondary N) is 1. The molecule has 2 aliphatic rings. The lowest BCUT2D eigenvalue weighted by Gasteiger charge is -2.44. The van der Waals surface area contributed by atoms with E-state index in [0.717, 1.165) is 16.9 Å². The van der Waals surface area contributed by atoms with Crippen molar-refractivity contribution in [2.45, 2.75) is 65.2 Å². The molecule has 297 valence electrons. The minimum Gasteiger partial charge on any atom is -0.355 e. The van der Waals surface area contributed by atoms with Crippen molar-refractivity contribution in [3.05, 3.63) is 198 Å². The molecular formula is C58H52BN2. The third kappa shape index (κ3) is 7.16. The Morgan fingerprint density at radius 2 is 1.02 bits per heavy atom. The van der Waals surface area contributed by atoms with Crippen molar-refractivity contribution in [2.75, 3.05) is 10.2 Å².